The number of anilines is 1. The van der Waals surface area contributed by atoms with Crippen molar-refractivity contribution in [2.45, 2.75) is 13.3 Å². The Hall–Kier alpha value is -4.17. The Morgan fingerprint density at radius 2 is 1.87 bits per heavy atom. The van der Waals surface area contributed by atoms with Crippen LogP contribution in [0.2, 0.25) is 0 Å². The second-order valence-corrected chi connectivity index (χ2v) is 9.42. The number of nitrogens with one attached hydrogen (secondary N) is 1. The third-order valence-electron chi connectivity index (χ3n) is 7.05. The van der Waals surface area contributed by atoms with E-state index < -0.39 is 0 Å². The summed E-state index contributed by atoms with van der Waals surface area (Å²) in [5.41, 5.74) is 2.83. The number of aromatic nitrogens is 1. The number of rotatable bonds is 8. The number of nitrogens with zero attached hydrogens (tertiary/aromatic N) is 3. The molecular formula is C30H32N4O4. The van der Waals surface area contributed by atoms with Crippen LogP contribution in [-0.2, 0) is 0 Å². The molecule has 0 spiro atoms. The summed E-state index contributed by atoms with van der Waals surface area (Å²) in [4.78, 5) is 35.1. The monoisotopic (exact) mass is 512 g/mol. The van der Waals surface area contributed by atoms with Gasteiger partial charge in [0.25, 0.3) is 5.91 Å². The van der Waals surface area contributed by atoms with E-state index in [0.717, 1.165) is 50.6 Å². The van der Waals surface area contributed by atoms with Crippen LogP contribution in [0.3, 0.4) is 0 Å². The van der Waals surface area contributed by atoms with Gasteiger partial charge in [0.15, 0.2) is 11.0 Å². The number of pyridine rings is 1. The van der Waals surface area contributed by atoms with Crippen LogP contribution >= 0.6 is 0 Å². The van der Waals surface area contributed by atoms with Gasteiger partial charge in [-0.05, 0) is 56.3 Å². The fourth-order valence-electron chi connectivity index (χ4n) is 4.96. The van der Waals surface area contributed by atoms with E-state index in [1.54, 1.807) is 50.7 Å². The summed E-state index contributed by atoms with van der Waals surface area (Å²) in [5, 5.41) is 3.41. The van der Waals surface area contributed by atoms with Crippen LogP contribution in [0.5, 0.6) is 5.75 Å². The Morgan fingerprint density at radius 1 is 1.05 bits per heavy atom. The van der Waals surface area contributed by atoms with E-state index in [1.807, 2.05) is 24.3 Å². The molecule has 0 saturated carbocycles. The molecule has 1 fully saturated rings. The molecule has 0 bridgehead atoms. The van der Waals surface area contributed by atoms with Crippen molar-refractivity contribution in [3.8, 4) is 17.1 Å². The number of fused-ring (bicyclic) bond motifs is 1. The number of methoxy groups -OCH3 is 1. The summed E-state index contributed by atoms with van der Waals surface area (Å²) in [6, 6.07) is 16.8. The highest BCUT2D eigenvalue weighted by Gasteiger charge is 2.20. The molecule has 196 valence electrons. The van der Waals surface area contributed by atoms with Crippen molar-refractivity contribution in [1.82, 2.24) is 15.2 Å². The lowest BCUT2D eigenvalue weighted by Crippen LogP contribution is -2.47. The van der Waals surface area contributed by atoms with E-state index in [2.05, 4.69) is 26.2 Å². The number of benzene rings is 2. The number of ether oxygens (including phenoxy) is 1. The van der Waals surface area contributed by atoms with E-state index in [-0.39, 0.29) is 11.3 Å². The predicted molar refractivity (Wildman–Crippen MR) is 149 cm³/mol. The smallest absolute Gasteiger partial charge is 0.255 e. The zero-order valence-corrected chi connectivity index (χ0v) is 21.8. The minimum absolute atomic E-state index is 0.146. The van der Waals surface area contributed by atoms with Gasteiger partial charge in [0, 0.05) is 56.2 Å². The minimum atomic E-state index is -0.249. The van der Waals surface area contributed by atoms with E-state index >= 15 is 0 Å². The maximum Gasteiger partial charge on any atom is 0.255 e. The molecule has 2 aromatic carbocycles. The van der Waals surface area contributed by atoms with Gasteiger partial charge in [-0.1, -0.05) is 18.2 Å². The molecule has 2 aromatic heterocycles. The maximum absolute atomic E-state index is 13.1. The predicted octanol–water partition coefficient (Wildman–Crippen LogP) is 4.11. The average molecular weight is 513 g/mol. The first-order valence-corrected chi connectivity index (χ1v) is 12.9. The molecule has 0 unspecified atom stereocenters. The van der Waals surface area contributed by atoms with Crippen molar-refractivity contribution in [2.75, 3.05) is 51.3 Å². The van der Waals surface area contributed by atoms with Crippen LogP contribution in [-0.4, -0.2) is 62.2 Å². The number of carbonyl (C=O) groups excluding carboxylic acids is 1. The van der Waals surface area contributed by atoms with Crippen LogP contribution in [0.15, 0.2) is 76.2 Å². The van der Waals surface area contributed by atoms with Gasteiger partial charge in [-0.25, -0.2) is 0 Å². The summed E-state index contributed by atoms with van der Waals surface area (Å²) in [6.07, 6.45) is 4.14. The minimum Gasteiger partial charge on any atom is -0.495 e. The van der Waals surface area contributed by atoms with E-state index in [1.165, 1.54) is 0 Å². The number of carbonyl (C=O) groups is 1. The fraction of sp³-hybridized carbons (Fsp3) is 0.300. The molecule has 1 aliphatic heterocycles. The first kappa shape index (κ1) is 25.5. The van der Waals surface area contributed by atoms with Crippen LogP contribution in [0.4, 0.5) is 5.69 Å². The van der Waals surface area contributed by atoms with E-state index in [4.69, 9.17) is 9.15 Å². The quantitative estimate of drug-likeness (QED) is 0.356. The van der Waals surface area contributed by atoms with Gasteiger partial charge in [-0.3, -0.25) is 19.5 Å². The number of hydrogen-bond donors (Lipinski definition) is 1. The lowest BCUT2D eigenvalue weighted by Gasteiger charge is -2.36. The van der Waals surface area contributed by atoms with Crippen LogP contribution in [0, 0.1) is 6.92 Å². The summed E-state index contributed by atoms with van der Waals surface area (Å²) in [5.74, 6) is 1.08. The molecule has 4 aromatic rings. The number of piperazine rings is 1. The average Bonchev–Trinajstić information content (AvgIpc) is 2.97. The normalized spacial score (nSPS) is 14.0. The highest BCUT2D eigenvalue weighted by Crippen LogP contribution is 2.29. The highest BCUT2D eigenvalue weighted by molar-refractivity contribution is 6.05. The highest BCUT2D eigenvalue weighted by atomic mass is 16.5. The van der Waals surface area contributed by atoms with Crippen LogP contribution in [0.1, 0.15) is 22.3 Å². The largest absolute Gasteiger partial charge is 0.495 e. The van der Waals surface area contributed by atoms with Gasteiger partial charge in [0.2, 0.25) is 0 Å². The van der Waals surface area contributed by atoms with Crippen molar-refractivity contribution in [2.24, 2.45) is 0 Å². The summed E-state index contributed by atoms with van der Waals surface area (Å²) in [7, 11) is 1.70. The summed E-state index contributed by atoms with van der Waals surface area (Å²) in [6.45, 7) is 6.94. The lowest BCUT2D eigenvalue weighted by atomic mass is 10.0. The Labute approximate surface area is 221 Å². The molecule has 1 amide bonds. The molecule has 1 aliphatic rings. The zero-order valence-electron chi connectivity index (χ0n) is 21.8. The molecule has 8 heteroatoms. The molecule has 5 rings (SSSR count). The summed E-state index contributed by atoms with van der Waals surface area (Å²) >= 11 is 0. The SMILES string of the molecule is COc1ccccc1N1CCN(CCCNC(=O)c2cccc3c(=O)c(C)c(-c4cccnc4)oc23)CC1. The third-order valence-corrected chi connectivity index (χ3v) is 7.05. The maximum atomic E-state index is 13.1. The van der Waals surface area contributed by atoms with Gasteiger partial charge < -0.3 is 19.4 Å². The fourth-order valence-corrected chi connectivity index (χ4v) is 4.96. The lowest BCUT2D eigenvalue weighted by molar-refractivity contribution is 0.0952. The van der Waals surface area contributed by atoms with Crippen LogP contribution < -0.4 is 20.4 Å². The number of hydrogen-bond acceptors (Lipinski definition) is 7. The standard InChI is InChI=1S/C30H32N4O4/c1-21-27(35)23-9-5-10-24(29(23)38-28(21)22-8-6-13-31-20-22)30(36)32-14-7-15-33-16-18-34(19-17-33)25-11-3-4-12-26(25)37-2/h3-6,8-13,20H,7,14-19H2,1-2H3,(H,32,36). The van der Waals surface area contributed by atoms with Gasteiger partial charge in [-0.15, -0.1) is 0 Å². The number of para-hydroxylation sites is 3. The molecule has 38 heavy (non-hydrogen) atoms. The van der Waals surface area contributed by atoms with Gasteiger partial charge >= 0.3 is 0 Å². The molecule has 0 aliphatic carbocycles. The Kier molecular flexibility index (Phi) is 7.70. The van der Waals surface area contributed by atoms with E-state index in [0.29, 0.717) is 40.0 Å². The first-order chi connectivity index (χ1) is 18.6. The van der Waals surface area contributed by atoms with Crippen molar-refractivity contribution in [1.29, 1.82) is 0 Å². The van der Waals surface area contributed by atoms with Crippen molar-refractivity contribution >= 4 is 22.6 Å². The molecule has 8 nitrogen and oxygen atoms in total. The van der Waals surface area contributed by atoms with Gasteiger partial charge in [-0.2, -0.15) is 0 Å². The molecule has 0 radical (unpaired) electrons. The van der Waals surface area contributed by atoms with E-state index in [9.17, 15) is 9.59 Å². The Balaban J connectivity index is 1.19. The van der Waals surface area contributed by atoms with Gasteiger partial charge in [0.05, 0.1) is 23.7 Å². The van der Waals surface area contributed by atoms with Gasteiger partial charge in [0.1, 0.15) is 11.5 Å². The molecule has 3 heterocycles. The topological polar surface area (TPSA) is 87.9 Å². The molecule has 0 atom stereocenters. The van der Waals surface area contributed by atoms with Crippen molar-refractivity contribution < 1.29 is 13.9 Å². The number of amides is 1. The second kappa shape index (κ2) is 11.5. The van der Waals surface area contributed by atoms with Crippen LogP contribution in [0.25, 0.3) is 22.3 Å². The van der Waals surface area contributed by atoms with Crippen molar-refractivity contribution in [3.63, 3.8) is 0 Å². The Morgan fingerprint density at radius 3 is 2.63 bits per heavy atom. The molecular weight excluding hydrogens is 480 g/mol. The Bertz CT molecular complexity index is 1480. The molecule has 1 saturated heterocycles. The first-order valence-electron chi connectivity index (χ1n) is 12.9. The summed E-state index contributed by atoms with van der Waals surface area (Å²) < 4.78 is 11.7. The zero-order chi connectivity index (χ0) is 26.5. The molecule has 1 N–H and O–H groups in total. The third kappa shape index (κ3) is 5.26. The second-order valence-electron chi connectivity index (χ2n) is 9.42. The van der Waals surface area contributed by atoms with Crippen molar-refractivity contribution in [3.05, 3.63) is 88.3 Å².